The third-order valence-electron chi connectivity index (χ3n) is 3.15. The number of rotatable bonds is 8. The second kappa shape index (κ2) is 8.52. The highest BCUT2D eigenvalue weighted by atomic mass is 79.9. The van der Waals surface area contributed by atoms with Crippen LogP contribution in [0.5, 0.6) is 0 Å². The molecule has 0 fully saturated rings. The maximum absolute atomic E-state index is 12.3. The van der Waals surface area contributed by atoms with Crippen LogP contribution in [0.15, 0.2) is 13.6 Å². The number of ketones is 1. The smallest absolute Gasteiger partial charge is 0.178 e. The van der Waals surface area contributed by atoms with Crippen LogP contribution in [0.25, 0.3) is 0 Å². The highest BCUT2D eigenvalue weighted by Gasteiger charge is 2.21. The van der Waals surface area contributed by atoms with Crippen molar-refractivity contribution in [2.45, 2.75) is 32.7 Å². The van der Waals surface area contributed by atoms with E-state index < -0.39 is 0 Å². The highest BCUT2D eigenvalue weighted by Crippen LogP contribution is 2.32. The first-order chi connectivity index (χ1) is 9.03. The Kier molecular flexibility index (Phi) is 7.76. The van der Waals surface area contributed by atoms with E-state index in [2.05, 4.69) is 50.6 Å². The lowest BCUT2D eigenvalue weighted by Crippen LogP contribution is -2.40. The normalized spacial score (nSPS) is 11.5. The minimum absolute atomic E-state index is 0.0816. The number of hydrogen-bond acceptors (Lipinski definition) is 4. The summed E-state index contributed by atoms with van der Waals surface area (Å²) >= 11 is 8.31. The molecule has 0 spiro atoms. The van der Waals surface area contributed by atoms with Crippen LogP contribution in [0.4, 0.5) is 0 Å². The molecular weight excluding hydrogens is 394 g/mol. The molecule has 0 unspecified atom stereocenters. The first-order valence-corrected chi connectivity index (χ1v) is 8.76. The van der Waals surface area contributed by atoms with Crippen LogP contribution in [-0.4, -0.2) is 41.5 Å². The van der Waals surface area contributed by atoms with Gasteiger partial charge in [-0.2, -0.15) is 0 Å². The van der Waals surface area contributed by atoms with Crippen LogP contribution in [0.1, 0.15) is 37.0 Å². The van der Waals surface area contributed by atoms with E-state index in [1.807, 2.05) is 6.07 Å². The molecule has 0 atom stereocenters. The molecule has 19 heavy (non-hydrogen) atoms. The fourth-order valence-corrected chi connectivity index (χ4v) is 4.98. The van der Waals surface area contributed by atoms with Gasteiger partial charge in [-0.05, 0) is 50.8 Å². The molecule has 0 saturated heterocycles. The van der Waals surface area contributed by atoms with E-state index in [9.17, 15) is 4.79 Å². The molecule has 0 aliphatic rings. The van der Waals surface area contributed by atoms with Crippen molar-refractivity contribution in [1.82, 2.24) is 4.90 Å². The summed E-state index contributed by atoms with van der Waals surface area (Å²) in [6, 6.07) is 2.19. The molecule has 108 valence electrons. The van der Waals surface area contributed by atoms with Crippen molar-refractivity contribution in [3.63, 3.8) is 0 Å². The Balaban J connectivity index is 2.78. The molecule has 1 rings (SSSR count). The van der Waals surface area contributed by atoms with Crippen LogP contribution in [0, 0.1) is 0 Å². The zero-order valence-electron chi connectivity index (χ0n) is 11.2. The van der Waals surface area contributed by atoms with E-state index in [1.54, 1.807) is 0 Å². The zero-order chi connectivity index (χ0) is 14.4. The summed E-state index contributed by atoms with van der Waals surface area (Å²) in [7, 11) is 0. The summed E-state index contributed by atoms with van der Waals surface area (Å²) in [4.78, 5) is 14.4. The molecule has 0 bridgehead atoms. The zero-order valence-corrected chi connectivity index (χ0v) is 15.1. The molecule has 1 aromatic rings. The fraction of sp³-hybridized carbons (Fsp3) is 0.615. The van der Waals surface area contributed by atoms with Gasteiger partial charge >= 0.3 is 0 Å². The van der Waals surface area contributed by atoms with Crippen molar-refractivity contribution >= 4 is 49.0 Å². The number of aliphatic hydroxyl groups is 1. The predicted octanol–water partition coefficient (Wildman–Crippen LogP) is 3.94. The summed E-state index contributed by atoms with van der Waals surface area (Å²) in [5, 5.41) is 9.15. The Bertz CT molecular complexity index is 419. The molecule has 0 aromatic carbocycles. The molecule has 1 heterocycles. The van der Waals surface area contributed by atoms with Crippen molar-refractivity contribution in [1.29, 1.82) is 0 Å². The van der Waals surface area contributed by atoms with Gasteiger partial charge in [-0.15, -0.1) is 11.3 Å². The Morgan fingerprint density at radius 3 is 2.47 bits per heavy atom. The number of carbonyl (C=O) groups excluding carboxylic acids is 1. The van der Waals surface area contributed by atoms with Gasteiger partial charge in [-0.3, -0.25) is 9.69 Å². The molecule has 0 amide bonds. The van der Waals surface area contributed by atoms with Crippen molar-refractivity contribution in [3.05, 3.63) is 19.2 Å². The van der Waals surface area contributed by atoms with E-state index in [1.165, 1.54) is 11.3 Å². The number of halogens is 2. The monoisotopic (exact) mass is 411 g/mol. The summed E-state index contributed by atoms with van der Waals surface area (Å²) < 4.78 is 1.80. The molecular formula is C13H19Br2NO2S. The predicted molar refractivity (Wildman–Crippen MR) is 87.1 cm³/mol. The van der Waals surface area contributed by atoms with Crippen molar-refractivity contribution in [2.75, 3.05) is 19.7 Å². The Morgan fingerprint density at radius 1 is 1.42 bits per heavy atom. The second-order valence-electron chi connectivity index (χ2n) is 4.33. The van der Waals surface area contributed by atoms with Gasteiger partial charge in [-0.25, -0.2) is 0 Å². The van der Waals surface area contributed by atoms with Gasteiger partial charge in [0.1, 0.15) is 0 Å². The van der Waals surface area contributed by atoms with E-state index in [4.69, 9.17) is 5.11 Å². The minimum Gasteiger partial charge on any atom is -0.395 e. The van der Waals surface area contributed by atoms with Gasteiger partial charge in [0.05, 0.1) is 20.7 Å². The van der Waals surface area contributed by atoms with Crippen molar-refractivity contribution in [3.8, 4) is 0 Å². The maximum atomic E-state index is 12.3. The Morgan fingerprint density at radius 2 is 2.05 bits per heavy atom. The van der Waals surface area contributed by atoms with Gasteiger partial charge in [-0.1, -0.05) is 13.8 Å². The van der Waals surface area contributed by atoms with Crippen LogP contribution >= 0.6 is 43.2 Å². The van der Waals surface area contributed by atoms with Gasteiger partial charge in [0.15, 0.2) is 5.78 Å². The van der Waals surface area contributed by atoms with Crippen molar-refractivity contribution < 1.29 is 9.90 Å². The molecule has 0 aliphatic heterocycles. The second-order valence-corrected chi connectivity index (χ2v) is 8.07. The van der Waals surface area contributed by atoms with Crippen LogP contribution in [0.3, 0.4) is 0 Å². The van der Waals surface area contributed by atoms with Crippen molar-refractivity contribution in [2.24, 2.45) is 0 Å². The summed E-state index contributed by atoms with van der Waals surface area (Å²) in [5.74, 6) is 0.0918. The van der Waals surface area contributed by atoms with Gasteiger partial charge in [0.25, 0.3) is 0 Å². The number of aliphatic hydroxyl groups excluding tert-OH is 1. The van der Waals surface area contributed by atoms with Crippen LogP contribution in [-0.2, 0) is 0 Å². The molecule has 0 radical (unpaired) electrons. The molecule has 0 saturated carbocycles. The van der Waals surface area contributed by atoms with Gasteiger partial charge in [0, 0.05) is 18.2 Å². The van der Waals surface area contributed by atoms with E-state index in [0.29, 0.717) is 24.7 Å². The highest BCUT2D eigenvalue weighted by molar-refractivity contribution is 9.12. The quantitative estimate of drug-likeness (QED) is 0.657. The number of carbonyl (C=O) groups is 1. The third-order valence-corrected chi connectivity index (χ3v) is 5.49. The van der Waals surface area contributed by atoms with Gasteiger partial charge in [0.2, 0.25) is 0 Å². The molecule has 1 N–H and O–H groups in total. The van der Waals surface area contributed by atoms with E-state index in [0.717, 1.165) is 20.4 Å². The SMILES string of the molecule is CCC(CC)N(CCO)CC(=O)c1cc(Br)sc1Br. The summed E-state index contributed by atoms with van der Waals surface area (Å²) in [6.07, 6.45) is 1.97. The topological polar surface area (TPSA) is 40.5 Å². The number of nitrogens with zero attached hydrogens (tertiary/aromatic N) is 1. The van der Waals surface area contributed by atoms with Crippen LogP contribution < -0.4 is 0 Å². The molecule has 1 aromatic heterocycles. The van der Waals surface area contributed by atoms with E-state index in [-0.39, 0.29) is 12.4 Å². The minimum atomic E-state index is 0.0816. The fourth-order valence-electron chi connectivity index (χ4n) is 2.12. The third kappa shape index (κ3) is 4.93. The molecule has 0 aliphatic carbocycles. The average Bonchev–Trinajstić information content (AvgIpc) is 2.70. The lowest BCUT2D eigenvalue weighted by molar-refractivity contribution is 0.0850. The molecule has 6 heteroatoms. The van der Waals surface area contributed by atoms with E-state index >= 15 is 0 Å². The van der Waals surface area contributed by atoms with Crippen LogP contribution in [0.2, 0.25) is 0 Å². The average molecular weight is 413 g/mol. The molecule has 3 nitrogen and oxygen atoms in total. The largest absolute Gasteiger partial charge is 0.395 e. The first-order valence-electron chi connectivity index (χ1n) is 6.36. The Labute approximate surface area is 135 Å². The van der Waals surface area contributed by atoms with Gasteiger partial charge < -0.3 is 5.11 Å². The maximum Gasteiger partial charge on any atom is 0.178 e. The number of thiophene rings is 1. The lowest BCUT2D eigenvalue weighted by atomic mass is 10.1. The first kappa shape index (κ1) is 17.3. The summed E-state index contributed by atoms with van der Waals surface area (Å²) in [5.41, 5.74) is 0.714. The summed E-state index contributed by atoms with van der Waals surface area (Å²) in [6.45, 7) is 5.20. The number of hydrogen-bond donors (Lipinski definition) is 1. The Hall–Kier alpha value is 0.250. The standard InChI is InChI=1S/C13H19Br2NO2S/c1-3-9(4-2)16(5-6-17)8-11(18)10-7-12(14)19-13(10)15/h7,9,17H,3-6,8H2,1-2H3. The lowest BCUT2D eigenvalue weighted by Gasteiger charge is -2.29. The number of Topliss-reactive ketones (excluding diaryl/α,β-unsaturated/α-hetero) is 1.